The molecule has 2 heterocycles. The summed E-state index contributed by atoms with van der Waals surface area (Å²) in [6, 6.07) is 13.0. The second kappa shape index (κ2) is 10.1. The van der Waals surface area contributed by atoms with Gasteiger partial charge in [0.2, 0.25) is 0 Å². The van der Waals surface area contributed by atoms with Gasteiger partial charge in [0, 0.05) is 44.0 Å². The highest BCUT2D eigenvalue weighted by Gasteiger charge is 2.06. The van der Waals surface area contributed by atoms with Crippen LogP contribution in [0, 0.1) is 12.8 Å². The van der Waals surface area contributed by atoms with Crippen molar-refractivity contribution in [3.8, 4) is 0 Å². The van der Waals surface area contributed by atoms with Crippen molar-refractivity contribution in [1.82, 2.24) is 20.2 Å². The van der Waals surface area contributed by atoms with Crippen LogP contribution < -0.4 is 10.6 Å². The Morgan fingerprint density at radius 1 is 1.21 bits per heavy atom. The highest BCUT2D eigenvalue weighted by atomic mass is 32.1. The van der Waals surface area contributed by atoms with Gasteiger partial charge in [-0.25, -0.2) is 4.98 Å². The lowest BCUT2D eigenvalue weighted by Crippen LogP contribution is -2.39. The van der Waals surface area contributed by atoms with E-state index in [2.05, 4.69) is 73.9 Å². The first-order valence-corrected chi connectivity index (χ1v) is 10.5. The molecule has 3 aromatic rings. The van der Waals surface area contributed by atoms with E-state index in [4.69, 9.17) is 0 Å². The number of nitrogens with one attached hydrogen (secondary N) is 2. The average Bonchev–Trinajstić information content (AvgIpc) is 3.34. The van der Waals surface area contributed by atoms with E-state index in [1.165, 1.54) is 16.0 Å². The van der Waals surface area contributed by atoms with Crippen molar-refractivity contribution < 1.29 is 0 Å². The van der Waals surface area contributed by atoms with Crippen LogP contribution in [0.2, 0.25) is 0 Å². The number of hydrogen-bond donors (Lipinski definition) is 2. The van der Waals surface area contributed by atoms with Crippen LogP contribution in [0.25, 0.3) is 0 Å². The number of thiophene rings is 1. The predicted molar refractivity (Wildman–Crippen MR) is 118 cm³/mol. The smallest absolute Gasteiger partial charge is 0.191 e. The Balaban J connectivity index is 1.48. The topological polar surface area (TPSA) is 54.2 Å². The van der Waals surface area contributed by atoms with Gasteiger partial charge in [-0.3, -0.25) is 4.99 Å². The summed E-state index contributed by atoms with van der Waals surface area (Å²) in [5.74, 6) is 2.43. The molecule has 148 valence electrons. The standard InChI is InChI=1S/C22H29N5S/c1-17(12-21-8-5-11-28-21)14-25-22(23-3)26-15-19-6-4-7-20(13-19)16-27-10-9-24-18(27)2/h4-11,13,17H,12,14-16H2,1-3H3,(H2,23,25,26). The monoisotopic (exact) mass is 395 g/mol. The number of imidazole rings is 1. The molecule has 0 saturated heterocycles. The molecule has 0 amide bonds. The predicted octanol–water partition coefficient (Wildman–Crippen LogP) is 3.85. The summed E-state index contributed by atoms with van der Waals surface area (Å²) >= 11 is 1.82. The SMILES string of the molecule is CN=C(NCc1cccc(Cn2ccnc2C)c1)NCC(C)Cc1cccs1. The largest absolute Gasteiger partial charge is 0.356 e. The quantitative estimate of drug-likeness (QED) is 0.450. The maximum absolute atomic E-state index is 4.35. The van der Waals surface area contributed by atoms with Gasteiger partial charge < -0.3 is 15.2 Å². The van der Waals surface area contributed by atoms with E-state index >= 15 is 0 Å². The van der Waals surface area contributed by atoms with Crippen LogP contribution in [0.3, 0.4) is 0 Å². The van der Waals surface area contributed by atoms with Gasteiger partial charge in [0.15, 0.2) is 5.96 Å². The molecular formula is C22H29N5S. The lowest BCUT2D eigenvalue weighted by Gasteiger charge is -2.16. The van der Waals surface area contributed by atoms with Crippen molar-refractivity contribution in [2.45, 2.75) is 33.4 Å². The molecular weight excluding hydrogens is 366 g/mol. The molecule has 0 aliphatic heterocycles. The Kier molecular flexibility index (Phi) is 7.25. The zero-order valence-electron chi connectivity index (χ0n) is 16.9. The first kappa shape index (κ1) is 20.1. The summed E-state index contributed by atoms with van der Waals surface area (Å²) in [5.41, 5.74) is 2.51. The highest BCUT2D eigenvalue weighted by molar-refractivity contribution is 7.09. The molecule has 0 saturated carbocycles. The van der Waals surface area contributed by atoms with Gasteiger partial charge in [-0.15, -0.1) is 11.3 Å². The van der Waals surface area contributed by atoms with Crippen LogP contribution in [0.15, 0.2) is 59.2 Å². The summed E-state index contributed by atoms with van der Waals surface area (Å²) < 4.78 is 2.15. The molecule has 3 rings (SSSR count). The molecule has 0 aliphatic rings. The minimum Gasteiger partial charge on any atom is -0.356 e. The number of hydrogen-bond acceptors (Lipinski definition) is 3. The number of aliphatic imine (C=N–C) groups is 1. The second-order valence-electron chi connectivity index (χ2n) is 7.12. The number of benzene rings is 1. The zero-order valence-corrected chi connectivity index (χ0v) is 17.7. The summed E-state index contributed by atoms with van der Waals surface area (Å²) in [6.45, 7) is 6.78. The molecule has 0 radical (unpaired) electrons. The summed E-state index contributed by atoms with van der Waals surface area (Å²) in [7, 11) is 1.82. The summed E-state index contributed by atoms with van der Waals surface area (Å²) in [6.07, 6.45) is 4.95. The molecule has 2 N–H and O–H groups in total. The van der Waals surface area contributed by atoms with Crippen molar-refractivity contribution in [3.05, 3.63) is 76.0 Å². The van der Waals surface area contributed by atoms with E-state index in [1.807, 2.05) is 37.7 Å². The van der Waals surface area contributed by atoms with Crippen LogP contribution in [0.5, 0.6) is 0 Å². The molecule has 0 bridgehead atoms. The van der Waals surface area contributed by atoms with E-state index < -0.39 is 0 Å². The van der Waals surface area contributed by atoms with E-state index in [0.717, 1.165) is 37.8 Å². The number of aryl methyl sites for hydroxylation is 1. The van der Waals surface area contributed by atoms with Crippen molar-refractivity contribution in [2.24, 2.45) is 10.9 Å². The fraction of sp³-hybridized carbons (Fsp3) is 0.364. The Bertz CT molecular complexity index is 882. The summed E-state index contributed by atoms with van der Waals surface area (Å²) in [5, 5.41) is 9.00. The van der Waals surface area contributed by atoms with Crippen molar-refractivity contribution in [1.29, 1.82) is 0 Å². The van der Waals surface area contributed by atoms with Gasteiger partial charge in [-0.05, 0) is 41.8 Å². The Morgan fingerprint density at radius 3 is 2.79 bits per heavy atom. The summed E-state index contributed by atoms with van der Waals surface area (Å²) in [4.78, 5) is 10.1. The normalized spacial score (nSPS) is 12.8. The van der Waals surface area contributed by atoms with Crippen molar-refractivity contribution in [2.75, 3.05) is 13.6 Å². The van der Waals surface area contributed by atoms with Gasteiger partial charge in [0.1, 0.15) is 5.82 Å². The number of guanidine groups is 1. The van der Waals surface area contributed by atoms with Gasteiger partial charge in [0.05, 0.1) is 0 Å². The van der Waals surface area contributed by atoms with Gasteiger partial charge >= 0.3 is 0 Å². The van der Waals surface area contributed by atoms with Gasteiger partial charge in [-0.1, -0.05) is 37.3 Å². The maximum Gasteiger partial charge on any atom is 0.191 e. The Morgan fingerprint density at radius 2 is 2.07 bits per heavy atom. The number of rotatable bonds is 8. The molecule has 1 aromatic carbocycles. The lowest BCUT2D eigenvalue weighted by molar-refractivity contribution is 0.562. The van der Waals surface area contributed by atoms with Crippen LogP contribution in [0.1, 0.15) is 28.8 Å². The highest BCUT2D eigenvalue weighted by Crippen LogP contribution is 2.14. The van der Waals surface area contributed by atoms with E-state index in [0.29, 0.717) is 5.92 Å². The van der Waals surface area contributed by atoms with Crippen LogP contribution in [-0.2, 0) is 19.5 Å². The van der Waals surface area contributed by atoms with Gasteiger partial charge in [0.25, 0.3) is 0 Å². The fourth-order valence-electron chi connectivity index (χ4n) is 3.13. The first-order chi connectivity index (χ1) is 13.6. The molecule has 2 aromatic heterocycles. The number of aromatic nitrogens is 2. The van der Waals surface area contributed by atoms with Gasteiger partial charge in [-0.2, -0.15) is 0 Å². The third-order valence-corrected chi connectivity index (χ3v) is 5.60. The van der Waals surface area contributed by atoms with E-state index in [1.54, 1.807) is 0 Å². The Labute approximate surface area is 171 Å². The van der Waals surface area contributed by atoms with Crippen molar-refractivity contribution >= 4 is 17.3 Å². The molecule has 0 aliphatic carbocycles. The first-order valence-electron chi connectivity index (χ1n) is 9.66. The molecule has 0 fully saturated rings. The van der Waals surface area contributed by atoms with Crippen LogP contribution in [-0.4, -0.2) is 29.1 Å². The third-order valence-electron chi connectivity index (χ3n) is 4.70. The minimum absolute atomic E-state index is 0.555. The molecule has 1 atom stereocenters. The molecule has 1 unspecified atom stereocenters. The zero-order chi connectivity index (χ0) is 19.8. The molecule has 5 nitrogen and oxygen atoms in total. The maximum atomic E-state index is 4.35. The molecule has 0 spiro atoms. The van der Waals surface area contributed by atoms with E-state index in [9.17, 15) is 0 Å². The fourth-order valence-corrected chi connectivity index (χ4v) is 4.00. The lowest BCUT2D eigenvalue weighted by atomic mass is 10.1. The van der Waals surface area contributed by atoms with Crippen LogP contribution in [0.4, 0.5) is 0 Å². The third kappa shape index (κ3) is 5.96. The molecule has 28 heavy (non-hydrogen) atoms. The van der Waals surface area contributed by atoms with E-state index in [-0.39, 0.29) is 0 Å². The molecule has 6 heteroatoms. The van der Waals surface area contributed by atoms with Crippen LogP contribution >= 0.6 is 11.3 Å². The minimum atomic E-state index is 0.555. The second-order valence-corrected chi connectivity index (χ2v) is 8.15. The number of nitrogens with zero attached hydrogens (tertiary/aromatic N) is 3. The Hall–Kier alpha value is -2.60. The average molecular weight is 396 g/mol. The van der Waals surface area contributed by atoms with Crippen molar-refractivity contribution in [3.63, 3.8) is 0 Å².